The highest BCUT2D eigenvalue weighted by Gasteiger charge is 2.40. The Balaban J connectivity index is 0.901. The molecule has 286 valence electrons. The number of carbonyl (C=O) groups excluding carboxylic acids is 2. The normalized spacial score (nSPS) is 19.4. The summed E-state index contributed by atoms with van der Waals surface area (Å²) in [5, 5.41) is 0. The van der Waals surface area contributed by atoms with Crippen molar-refractivity contribution in [1.82, 2.24) is 29.6 Å². The lowest BCUT2D eigenvalue weighted by Crippen LogP contribution is -2.46. The van der Waals surface area contributed by atoms with Gasteiger partial charge in [-0.05, 0) is 67.1 Å². The Morgan fingerprint density at radius 1 is 0.661 bits per heavy atom. The van der Waals surface area contributed by atoms with Crippen LogP contribution in [0.1, 0.15) is 47.2 Å². The van der Waals surface area contributed by atoms with E-state index in [9.17, 15) is 9.59 Å². The molecular weight excluding hydrogens is 703 g/mol. The van der Waals surface area contributed by atoms with E-state index in [2.05, 4.69) is 58.5 Å². The van der Waals surface area contributed by atoms with Gasteiger partial charge in [0, 0.05) is 25.7 Å². The molecule has 0 spiro atoms. The molecule has 3 aliphatic heterocycles. The second-order valence-electron chi connectivity index (χ2n) is 14.9. The van der Waals surface area contributed by atoms with Crippen molar-refractivity contribution in [3.05, 3.63) is 144 Å². The zero-order chi connectivity index (χ0) is 38.8. The van der Waals surface area contributed by atoms with E-state index in [0.717, 1.165) is 50.4 Å². The van der Waals surface area contributed by atoms with Crippen LogP contribution >= 0.6 is 0 Å². The minimum atomic E-state index is -0.584. The quantitative estimate of drug-likeness (QED) is 0.163. The van der Waals surface area contributed by atoms with Crippen LogP contribution in [0, 0.1) is 0 Å². The van der Waals surface area contributed by atoms with Gasteiger partial charge in [-0.1, -0.05) is 109 Å². The summed E-state index contributed by atoms with van der Waals surface area (Å²) in [6.07, 6.45) is 3.25. The number of ether oxygens (including phenoxy) is 2. The zero-order valence-electron chi connectivity index (χ0n) is 32.2. The lowest BCUT2D eigenvalue weighted by molar-refractivity contribution is -0.142. The molecule has 0 saturated carbocycles. The maximum Gasteiger partial charge on any atom is 0.246 e. The van der Waals surface area contributed by atoms with E-state index in [1.807, 2.05) is 110 Å². The van der Waals surface area contributed by atoms with Gasteiger partial charge in [-0.15, -0.1) is 0 Å². The zero-order valence-corrected chi connectivity index (χ0v) is 32.2. The molecule has 1 N–H and O–H groups in total. The first-order valence-corrected chi connectivity index (χ1v) is 19.1. The Morgan fingerprint density at radius 3 is 1.68 bits per heavy atom. The molecule has 3 aliphatic rings. The van der Waals surface area contributed by atoms with E-state index >= 15 is 0 Å². The number of nitrogens with zero attached hydrogens (tertiary/aromatic N) is 6. The van der Waals surface area contributed by atoms with Crippen LogP contribution in [0.5, 0.6) is 0 Å². The monoisotopic (exact) mass is 749 g/mol. The van der Waals surface area contributed by atoms with Crippen LogP contribution in [0.2, 0.25) is 0 Å². The summed E-state index contributed by atoms with van der Waals surface area (Å²) in [4.78, 5) is 48.0. The number of aromatic amines is 1. The maximum atomic E-state index is 13.9. The second-order valence-corrected chi connectivity index (χ2v) is 14.9. The lowest BCUT2D eigenvalue weighted by Gasteiger charge is -2.31. The van der Waals surface area contributed by atoms with Crippen molar-refractivity contribution >= 4 is 23.1 Å². The average Bonchev–Trinajstić information content (AvgIpc) is 4.06. The molecule has 4 atom stereocenters. The highest BCUT2D eigenvalue weighted by Crippen LogP contribution is 2.34. The maximum absolute atomic E-state index is 13.9. The van der Waals surface area contributed by atoms with Crippen LogP contribution in [0.4, 0.5) is 0 Å². The number of benzene rings is 4. The number of amides is 2. The largest absolute Gasteiger partial charge is 0.351 e. The van der Waals surface area contributed by atoms with Gasteiger partial charge in [-0.25, -0.2) is 4.98 Å². The van der Waals surface area contributed by atoms with Gasteiger partial charge in [-0.2, -0.15) is 0 Å². The predicted octanol–water partition coefficient (Wildman–Crippen LogP) is 6.58. The summed E-state index contributed by atoms with van der Waals surface area (Å²) in [6.45, 7) is 1.96. The highest BCUT2D eigenvalue weighted by molar-refractivity contribution is 6.03. The van der Waals surface area contributed by atoms with Crippen molar-refractivity contribution in [2.45, 2.75) is 31.0 Å². The van der Waals surface area contributed by atoms with Crippen molar-refractivity contribution in [1.29, 1.82) is 0 Å². The molecule has 0 radical (unpaired) electrons. The van der Waals surface area contributed by atoms with E-state index < -0.39 is 24.5 Å². The Kier molecular flexibility index (Phi) is 10.7. The molecule has 2 amide bonds. The van der Waals surface area contributed by atoms with Gasteiger partial charge < -0.3 is 24.3 Å². The minimum Gasteiger partial charge on any atom is -0.351 e. The summed E-state index contributed by atoms with van der Waals surface area (Å²) >= 11 is 0. The SMILES string of the molecule is CN(C)[C@@H](C(=O)N1CCO[C@H]1C1=NC=C(c2ccc(-c3ccc(-c4cnc([C@@H]5OCCN5C(=O)[C@@H](c5ccccc5)N(C)C)[nH]4)cc3)cc2)C1)c1ccccc1. The van der Waals surface area contributed by atoms with E-state index in [1.54, 1.807) is 11.1 Å². The van der Waals surface area contributed by atoms with E-state index in [1.165, 1.54) is 0 Å². The topological polar surface area (TPSA) is 107 Å². The fraction of sp³-hybridized carbons (Fsp3) is 0.289. The fourth-order valence-electron chi connectivity index (χ4n) is 7.90. The molecule has 4 aromatic carbocycles. The molecule has 56 heavy (non-hydrogen) atoms. The van der Waals surface area contributed by atoms with Gasteiger partial charge in [0.15, 0.2) is 18.3 Å². The van der Waals surface area contributed by atoms with Crippen molar-refractivity contribution in [3.8, 4) is 22.4 Å². The molecule has 8 rings (SSSR count). The van der Waals surface area contributed by atoms with Crippen molar-refractivity contribution in [2.75, 3.05) is 54.5 Å². The number of aromatic nitrogens is 2. The third-order valence-corrected chi connectivity index (χ3v) is 10.7. The van der Waals surface area contributed by atoms with E-state index in [-0.39, 0.29) is 11.8 Å². The van der Waals surface area contributed by atoms with Gasteiger partial charge in [0.25, 0.3) is 0 Å². The Labute approximate surface area is 327 Å². The molecule has 0 unspecified atom stereocenters. The standard InChI is InChI=1S/C45H47N7O4/c1-49(2)39(34-11-7-5-8-12-34)42(53)51-23-25-55-44(51)37-27-36(28-46-37)32-17-15-30(16-18-32)31-19-21-33(22-20-31)38-29-47-41(48-38)45-52(24-26-56-45)43(54)40(50(3)4)35-13-9-6-10-14-35/h5-22,28-29,39-40,44-45H,23-27H2,1-4H3,(H,47,48)/t39-,40-,44+,45+/m1/s1. The van der Waals surface area contributed by atoms with Crippen molar-refractivity contribution in [2.24, 2.45) is 4.99 Å². The van der Waals surface area contributed by atoms with Crippen molar-refractivity contribution in [3.63, 3.8) is 0 Å². The average molecular weight is 750 g/mol. The predicted molar refractivity (Wildman–Crippen MR) is 217 cm³/mol. The smallest absolute Gasteiger partial charge is 0.246 e. The van der Waals surface area contributed by atoms with Crippen LogP contribution in [-0.2, 0) is 19.1 Å². The third-order valence-electron chi connectivity index (χ3n) is 10.7. The van der Waals surface area contributed by atoms with Gasteiger partial charge in [0.2, 0.25) is 11.8 Å². The Morgan fingerprint density at radius 2 is 1.14 bits per heavy atom. The number of hydrogen-bond acceptors (Lipinski definition) is 8. The fourth-order valence-corrected chi connectivity index (χ4v) is 7.90. The van der Waals surface area contributed by atoms with Gasteiger partial charge in [0.05, 0.1) is 30.8 Å². The van der Waals surface area contributed by atoms with Crippen molar-refractivity contribution < 1.29 is 19.1 Å². The number of likely N-dealkylation sites (N-methyl/N-ethyl adjacent to an activating group) is 2. The molecule has 4 heterocycles. The first-order chi connectivity index (χ1) is 27.3. The Bertz CT molecular complexity index is 2220. The van der Waals surface area contributed by atoms with Gasteiger partial charge >= 0.3 is 0 Å². The molecular formula is C45H47N7O4. The molecule has 11 heteroatoms. The molecule has 2 fully saturated rings. The molecule has 0 bridgehead atoms. The number of aliphatic imine (C=N–C) groups is 1. The number of rotatable bonds is 11. The number of H-pyrrole nitrogens is 1. The first kappa shape index (κ1) is 37.2. The van der Waals surface area contributed by atoms with E-state index in [0.29, 0.717) is 38.5 Å². The summed E-state index contributed by atoms with van der Waals surface area (Å²) in [5.74, 6) is 0.600. The highest BCUT2D eigenvalue weighted by atomic mass is 16.5. The number of carbonyl (C=O) groups is 2. The number of allylic oxidation sites excluding steroid dienone is 1. The van der Waals surface area contributed by atoms with Crippen LogP contribution in [0.15, 0.2) is 127 Å². The van der Waals surface area contributed by atoms with E-state index in [4.69, 9.17) is 14.5 Å². The molecule has 1 aromatic heterocycles. The molecule has 0 aliphatic carbocycles. The number of nitrogens with one attached hydrogen (secondary N) is 1. The Hall–Kier alpha value is -5.72. The third kappa shape index (κ3) is 7.46. The lowest BCUT2D eigenvalue weighted by atomic mass is 9.97. The van der Waals surface area contributed by atoms with Crippen LogP contribution in [0.25, 0.3) is 28.0 Å². The molecule has 2 saturated heterocycles. The number of hydrogen-bond donors (Lipinski definition) is 1. The minimum absolute atomic E-state index is 0.0157. The summed E-state index contributed by atoms with van der Waals surface area (Å²) in [7, 11) is 7.70. The number of imidazole rings is 1. The molecule has 5 aromatic rings. The van der Waals surface area contributed by atoms with Crippen LogP contribution in [0.3, 0.4) is 0 Å². The summed E-state index contributed by atoms with van der Waals surface area (Å²) < 4.78 is 12.2. The van der Waals surface area contributed by atoms with Crippen LogP contribution < -0.4 is 0 Å². The first-order valence-electron chi connectivity index (χ1n) is 19.1. The second kappa shape index (κ2) is 16.2. The van der Waals surface area contributed by atoms with Gasteiger partial charge in [0.1, 0.15) is 12.1 Å². The van der Waals surface area contributed by atoms with Crippen LogP contribution in [-0.4, -0.2) is 108 Å². The summed E-state index contributed by atoms with van der Waals surface area (Å²) in [5.41, 5.74) is 8.95. The summed E-state index contributed by atoms with van der Waals surface area (Å²) in [6, 6.07) is 35.7. The van der Waals surface area contributed by atoms with Gasteiger partial charge in [-0.3, -0.25) is 24.4 Å². The molecule has 11 nitrogen and oxygen atoms in total.